The van der Waals surface area contributed by atoms with Gasteiger partial charge in [0.25, 0.3) is 0 Å². The Morgan fingerprint density at radius 2 is 2.05 bits per heavy atom. The molecular formula is C17H23NO. The lowest BCUT2D eigenvalue weighted by molar-refractivity contribution is 0.0560. The Morgan fingerprint density at radius 1 is 1.32 bits per heavy atom. The van der Waals surface area contributed by atoms with E-state index in [0.29, 0.717) is 16.9 Å². The lowest BCUT2D eigenvalue weighted by Crippen LogP contribution is -2.34. The molecule has 2 rings (SSSR count). The third kappa shape index (κ3) is 3.50. The fourth-order valence-electron chi connectivity index (χ4n) is 3.35. The lowest BCUT2D eigenvalue weighted by Gasteiger charge is -2.39. The summed E-state index contributed by atoms with van der Waals surface area (Å²) < 4.78 is 6.14. The largest absolute Gasteiger partial charge is 0.489 e. The SMILES string of the molecule is Cc1ccc(C#N)c(OC2CC(C)CC(C)(C)C2)c1. The van der Waals surface area contributed by atoms with Gasteiger partial charge in [-0.25, -0.2) is 0 Å². The topological polar surface area (TPSA) is 33.0 Å². The van der Waals surface area contributed by atoms with Crippen LogP contribution in [-0.4, -0.2) is 6.10 Å². The minimum atomic E-state index is 0.229. The molecule has 0 aliphatic heterocycles. The van der Waals surface area contributed by atoms with E-state index < -0.39 is 0 Å². The molecule has 19 heavy (non-hydrogen) atoms. The zero-order valence-electron chi connectivity index (χ0n) is 12.4. The summed E-state index contributed by atoms with van der Waals surface area (Å²) in [6, 6.07) is 8.00. The van der Waals surface area contributed by atoms with Crippen LogP contribution in [0.2, 0.25) is 0 Å². The Labute approximate surface area is 116 Å². The predicted molar refractivity (Wildman–Crippen MR) is 77.1 cm³/mol. The highest BCUT2D eigenvalue weighted by atomic mass is 16.5. The Bertz CT molecular complexity index is 498. The zero-order valence-corrected chi connectivity index (χ0v) is 12.4. The van der Waals surface area contributed by atoms with Gasteiger partial charge in [-0.3, -0.25) is 0 Å². The van der Waals surface area contributed by atoms with Crippen molar-refractivity contribution in [3.05, 3.63) is 29.3 Å². The minimum Gasteiger partial charge on any atom is -0.489 e. The van der Waals surface area contributed by atoms with E-state index in [9.17, 15) is 0 Å². The molecule has 0 amide bonds. The first-order valence-corrected chi connectivity index (χ1v) is 7.07. The van der Waals surface area contributed by atoms with Crippen LogP contribution in [0.25, 0.3) is 0 Å². The average molecular weight is 257 g/mol. The third-order valence-corrected chi connectivity index (χ3v) is 3.90. The molecule has 2 heteroatoms. The number of nitriles is 1. The molecule has 1 saturated carbocycles. The summed E-state index contributed by atoms with van der Waals surface area (Å²) in [5.41, 5.74) is 2.11. The van der Waals surface area contributed by atoms with Gasteiger partial charge < -0.3 is 4.74 Å². The highest BCUT2D eigenvalue weighted by molar-refractivity contribution is 5.45. The van der Waals surface area contributed by atoms with Gasteiger partial charge in [0.2, 0.25) is 0 Å². The predicted octanol–water partition coefficient (Wildman–Crippen LogP) is 4.46. The number of rotatable bonds is 2. The molecule has 2 unspecified atom stereocenters. The summed E-state index contributed by atoms with van der Waals surface area (Å²) in [4.78, 5) is 0. The maximum Gasteiger partial charge on any atom is 0.137 e. The number of ether oxygens (including phenoxy) is 1. The monoisotopic (exact) mass is 257 g/mol. The second kappa shape index (κ2) is 5.25. The molecule has 1 aromatic carbocycles. The van der Waals surface area contributed by atoms with E-state index in [0.717, 1.165) is 24.2 Å². The van der Waals surface area contributed by atoms with E-state index in [1.54, 1.807) is 0 Å². The molecule has 102 valence electrons. The van der Waals surface area contributed by atoms with Gasteiger partial charge in [-0.15, -0.1) is 0 Å². The maximum atomic E-state index is 9.16. The smallest absolute Gasteiger partial charge is 0.137 e. The van der Waals surface area contributed by atoms with Crippen molar-refractivity contribution in [1.82, 2.24) is 0 Å². The van der Waals surface area contributed by atoms with Crippen LogP contribution in [0.1, 0.15) is 51.2 Å². The van der Waals surface area contributed by atoms with E-state index in [1.807, 2.05) is 25.1 Å². The summed E-state index contributed by atoms with van der Waals surface area (Å²) in [6.07, 6.45) is 3.64. The molecule has 1 fully saturated rings. The van der Waals surface area contributed by atoms with Crippen molar-refractivity contribution in [1.29, 1.82) is 5.26 Å². The first-order valence-electron chi connectivity index (χ1n) is 7.07. The second-order valence-electron chi connectivity index (χ2n) is 6.76. The number of nitrogens with zero attached hydrogens (tertiary/aromatic N) is 1. The van der Waals surface area contributed by atoms with Gasteiger partial charge in [0.05, 0.1) is 11.7 Å². The highest BCUT2D eigenvalue weighted by Gasteiger charge is 2.33. The molecular weight excluding hydrogens is 234 g/mol. The van der Waals surface area contributed by atoms with Gasteiger partial charge in [0, 0.05) is 0 Å². The van der Waals surface area contributed by atoms with Crippen molar-refractivity contribution in [2.45, 2.75) is 53.1 Å². The van der Waals surface area contributed by atoms with Gasteiger partial charge in [0.15, 0.2) is 0 Å². The van der Waals surface area contributed by atoms with Crippen molar-refractivity contribution in [2.24, 2.45) is 11.3 Å². The van der Waals surface area contributed by atoms with Gasteiger partial charge in [0.1, 0.15) is 11.8 Å². The lowest BCUT2D eigenvalue weighted by atomic mass is 9.71. The van der Waals surface area contributed by atoms with Crippen LogP contribution in [0.5, 0.6) is 5.75 Å². The Hall–Kier alpha value is -1.49. The van der Waals surface area contributed by atoms with E-state index >= 15 is 0 Å². The molecule has 0 N–H and O–H groups in total. The van der Waals surface area contributed by atoms with Crippen LogP contribution in [0, 0.1) is 29.6 Å². The van der Waals surface area contributed by atoms with Crippen molar-refractivity contribution < 1.29 is 4.74 Å². The van der Waals surface area contributed by atoms with Crippen LogP contribution < -0.4 is 4.74 Å². The summed E-state index contributed by atoms with van der Waals surface area (Å²) in [7, 11) is 0. The number of hydrogen-bond acceptors (Lipinski definition) is 2. The van der Waals surface area contributed by atoms with Crippen LogP contribution in [-0.2, 0) is 0 Å². The third-order valence-electron chi connectivity index (χ3n) is 3.90. The van der Waals surface area contributed by atoms with Crippen LogP contribution in [0.15, 0.2) is 18.2 Å². The molecule has 0 bridgehead atoms. The molecule has 0 aromatic heterocycles. The molecule has 1 aliphatic rings. The van der Waals surface area contributed by atoms with Gasteiger partial charge in [-0.1, -0.05) is 26.8 Å². The van der Waals surface area contributed by atoms with Gasteiger partial charge in [-0.05, 0) is 55.2 Å². The first-order chi connectivity index (χ1) is 8.89. The van der Waals surface area contributed by atoms with Crippen LogP contribution >= 0.6 is 0 Å². The number of hydrogen-bond donors (Lipinski definition) is 0. The minimum absolute atomic E-state index is 0.229. The van der Waals surface area contributed by atoms with Gasteiger partial charge in [-0.2, -0.15) is 5.26 Å². The summed E-state index contributed by atoms with van der Waals surface area (Å²) in [5.74, 6) is 1.43. The van der Waals surface area contributed by atoms with Crippen molar-refractivity contribution in [3.8, 4) is 11.8 Å². The van der Waals surface area contributed by atoms with Crippen molar-refractivity contribution in [3.63, 3.8) is 0 Å². The molecule has 0 heterocycles. The van der Waals surface area contributed by atoms with E-state index in [4.69, 9.17) is 10.00 Å². The molecule has 0 spiro atoms. The fourth-order valence-corrected chi connectivity index (χ4v) is 3.35. The maximum absolute atomic E-state index is 9.16. The number of benzene rings is 1. The standard InChI is InChI=1S/C17H23NO/c1-12-5-6-14(11-18)16(8-12)19-15-7-13(2)9-17(3,4)10-15/h5-6,8,13,15H,7,9-10H2,1-4H3. The first kappa shape index (κ1) is 13.9. The Kier molecular flexibility index (Phi) is 3.85. The number of aryl methyl sites for hydroxylation is 1. The fraction of sp³-hybridized carbons (Fsp3) is 0.588. The molecule has 0 saturated heterocycles. The second-order valence-corrected chi connectivity index (χ2v) is 6.76. The summed E-state index contributed by atoms with van der Waals surface area (Å²) in [6.45, 7) is 8.93. The van der Waals surface area contributed by atoms with Crippen LogP contribution in [0.3, 0.4) is 0 Å². The summed E-state index contributed by atoms with van der Waals surface area (Å²) in [5, 5.41) is 9.16. The van der Waals surface area contributed by atoms with Crippen molar-refractivity contribution >= 4 is 0 Å². The Balaban J connectivity index is 2.17. The quantitative estimate of drug-likeness (QED) is 0.783. The highest BCUT2D eigenvalue weighted by Crippen LogP contribution is 2.40. The molecule has 0 radical (unpaired) electrons. The van der Waals surface area contributed by atoms with E-state index in [-0.39, 0.29) is 6.10 Å². The van der Waals surface area contributed by atoms with Gasteiger partial charge >= 0.3 is 0 Å². The average Bonchev–Trinajstić information content (AvgIpc) is 2.26. The normalized spacial score (nSPS) is 25.6. The zero-order chi connectivity index (χ0) is 14.0. The Morgan fingerprint density at radius 3 is 2.68 bits per heavy atom. The molecule has 1 aromatic rings. The van der Waals surface area contributed by atoms with E-state index in [1.165, 1.54) is 6.42 Å². The van der Waals surface area contributed by atoms with Crippen LogP contribution in [0.4, 0.5) is 0 Å². The summed E-state index contributed by atoms with van der Waals surface area (Å²) >= 11 is 0. The van der Waals surface area contributed by atoms with E-state index in [2.05, 4.69) is 26.8 Å². The molecule has 2 nitrogen and oxygen atoms in total. The molecule has 2 atom stereocenters. The van der Waals surface area contributed by atoms with Crippen molar-refractivity contribution in [2.75, 3.05) is 0 Å². The molecule has 1 aliphatic carbocycles.